The minimum absolute atomic E-state index is 0.0202. The number of anilines is 1. The highest BCUT2D eigenvalue weighted by Gasteiger charge is 2.26. The summed E-state index contributed by atoms with van der Waals surface area (Å²) >= 11 is 0. The van der Waals surface area contributed by atoms with Gasteiger partial charge in [0.15, 0.2) is 5.52 Å². The van der Waals surface area contributed by atoms with Crippen molar-refractivity contribution in [3.8, 4) is 6.07 Å². The molecule has 4 aromatic rings. The molecule has 0 aliphatic carbocycles. The largest absolute Gasteiger partial charge is 0.341 e. The maximum absolute atomic E-state index is 13.9. The van der Waals surface area contributed by atoms with Crippen LogP contribution in [0.2, 0.25) is 0 Å². The summed E-state index contributed by atoms with van der Waals surface area (Å²) in [6, 6.07) is 7.62. The number of rotatable bonds is 6. The molecule has 11 nitrogen and oxygen atoms in total. The van der Waals surface area contributed by atoms with Gasteiger partial charge < -0.3 is 15.2 Å². The molecule has 0 amide bonds. The van der Waals surface area contributed by atoms with Crippen molar-refractivity contribution in [2.45, 2.75) is 51.9 Å². The summed E-state index contributed by atoms with van der Waals surface area (Å²) in [6.45, 7) is 4.00. The van der Waals surface area contributed by atoms with Crippen LogP contribution in [0.5, 0.6) is 0 Å². The fourth-order valence-electron chi connectivity index (χ4n) is 4.79. The normalized spacial score (nSPS) is 16.1. The molecule has 0 spiro atoms. The predicted molar refractivity (Wildman–Crippen MR) is 132 cm³/mol. The molecule has 0 aromatic carbocycles. The summed E-state index contributed by atoms with van der Waals surface area (Å²) in [5.41, 5.74) is 8.03. The van der Waals surface area contributed by atoms with Gasteiger partial charge in [-0.05, 0) is 43.5 Å². The fraction of sp³-hybridized carbons (Fsp3) is 0.417. The van der Waals surface area contributed by atoms with Crippen LogP contribution in [0.4, 0.5) is 5.95 Å². The van der Waals surface area contributed by atoms with Gasteiger partial charge in [0.05, 0.1) is 36.6 Å². The van der Waals surface area contributed by atoms with Crippen molar-refractivity contribution in [2.75, 3.05) is 18.0 Å². The molecule has 5 rings (SSSR count). The van der Waals surface area contributed by atoms with E-state index in [-0.39, 0.29) is 42.1 Å². The molecule has 4 aromatic heterocycles. The molecule has 5 heterocycles. The van der Waals surface area contributed by atoms with Crippen LogP contribution in [-0.2, 0) is 19.6 Å². The molecule has 180 valence electrons. The van der Waals surface area contributed by atoms with E-state index >= 15 is 0 Å². The third-order valence-electron chi connectivity index (χ3n) is 6.45. The van der Waals surface area contributed by atoms with E-state index in [1.807, 2.05) is 29.7 Å². The summed E-state index contributed by atoms with van der Waals surface area (Å²) in [4.78, 5) is 42.9. The second-order valence-electron chi connectivity index (χ2n) is 8.79. The van der Waals surface area contributed by atoms with E-state index in [9.17, 15) is 14.9 Å². The number of hydrogen-bond donors (Lipinski definition) is 1. The van der Waals surface area contributed by atoms with Crippen LogP contribution in [0, 0.1) is 11.3 Å². The number of nitriles is 1. The Bertz CT molecular complexity index is 1560. The van der Waals surface area contributed by atoms with Gasteiger partial charge in [-0.1, -0.05) is 0 Å². The zero-order valence-electron chi connectivity index (χ0n) is 19.6. The number of fused-ring (bicyclic) bond motifs is 2. The van der Waals surface area contributed by atoms with Gasteiger partial charge in [0.2, 0.25) is 5.95 Å². The molecular formula is C24H27N9O2. The third-order valence-corrected chi connectivity index (χ3v) is 6.45. The Kier molecular flexibility index (Phi) is 6.05. The van der Waals surface area contributed by atoms with Crippen LogP contribution >= 0.6 is 0 Å². The molecule has 1 saturated heterocycles. The maximum Gasteiger partial charge on any atom is 0.293 e. The molecule has 35 heavy (non-hydrogen) atoms. The van der Waals surface area contributed by atoms with E-state index in [1.54, 1.807) is 12.4 Å². The first-order chi connectivity index (χ1) is 17.0. The number of pyridine rings is 2. The Morgan fingerprint density at radius 3 is 2.83 bits per heavy atom. The summed E-state index contributed by atoms with van der Waals surface area (Å²) in [5, 5.41) is 9.17. The molecule has 0 saturated carbocycles. The van der Waals surface area contributed by atoms with Gasteiger partial charge in [-0.25, -0.2) is 14.3 Å². The van der Waals surface area contributed by atoms with Crippen molar-refractivity contribution in [3.05, 3.63) is 56.9 Å². The van der Waals surface area contributed by atoms with Crippen molar-refractivity contribution in [1.82, 2.24) is 28.9 Å². The first-order valence-electron chi connectivity index (χ1n) is 11.8. The van der Waals surface area contributed by atoms with Crippen molar-refractivity contribution < 1.29 is 0 Å². The Balaban J connectivity index is 1.69. The standard InChI is InChI=1S/C24H27N9O2/c1-2-31-21-20(29-24(31)30-10-4-6-17(26)15-30)22(34)32(11-5-8-25)33(23(21)35)14-16-12-19-18(28-13-16)7-3-9-27-19/h3,7,9,12-13,17H,2,4-6,10-11,14-15,26H2,1H3. The lowest BCUT2D eigenvalue weighted by molar-refractivity contribution is 0.446. The fourth-order valence-corrected chi connectivity index (χ4v) is 4.79. The van der Waals surface area contributed by atoms with Crippen LogP contribution in [0.3, 0.4) is 0 Å². The lowest BCUT2D eigenvalue weighted by Crippen LogP contribution is -2.44. The highest BCUT2D eigenvalue weighted by molar-refractivity contribution is 5.77. The second-order valence-corrected chi connectivity index (χ2v) is 8.79. The minimum atomic E-state index is -0.392. The monoisotopic (exact) mass is 473 g/mol. The van der Waals surface area contributed by atoms with Crippen LogP contribution in [0.25, 0.3) is 22.1 Å². The Morgan fingerprint density at radius 2 is 2.06 bits per heavy atom. The molecule has 1 fully saturated rings. The molecule has 2 N–H and O–H groups in total. The Morgan fingerprint density at radius 1 is 1.20 bits per heavy atom. The summed E-state index contributed by atoms with van der Waals surface area (Å²) in [5.74, 6) is 0.591. The quantitative estimate of drug-likeness (QED) is 0.441. The van der Waals surface area contributed by atoms with Gasteiger partial charge >= 0.3 is 0 Å². The molecule has 1 unspecified atom stereocenters. The average Bonchev–Trinajstić information content (AvgIpc) is 3.27. The SMILES string of the molecule is CCn1c(N2CCCC(N)C2)nc2c(=O)n(CCC#N)n(Cc3cnc4cccnc4c3)c(=O)c21. The molecule has 1 aliphatic rings. The summed E-state index contributed by atoms with van der Waals surface area (Å²) in [7, 11) is 0. The van der Waals surface area contributed by atoms with Crippen molar-refractivity contribution in [2.24, 2.45) is 5.73 Å². The average molecular weight is 474 g/mol. The van der Waals surface area contributed by atoms with E-state index in [0.29, 0.717) is 24.6 Å². The van der Waals surface area contributed by atoms with Crippen LogP contribution in [0.15, 0.2) is 40.2 Å². The number of hydrogen-bond acceptors (Lipinski definition) is 8. The van der Waals surface area contributed by atoms with Gasteiger partial charge in [0.25, 0.3) is 11.1 Å². The van der Waals surface area contributed by atoms with Crippen LogP contribution in [-0.4, -0.2) is 48.0 Å². The van der Waals surface area contributed by atoms with Gasteiger partial charge in [0.1, 0.15) is 5.52 Å². The molecule has 1 aliphatic heterocycles. The number of piperidine rings is 1. The van der Waals surface area contributed by atoms with E-state index < -0.39 is 5.56 Å². The minimum Gasteiger partial charge on any atom is -0.341 e. The van der Waals surface area contributed by atoms with E-state index in [0.717, 1.165) is 30.5 Å². The Hall–Kier alpha value is -4.04. The number of nitrogens with two attached hydrogens (primary N) is 1. The van der Waals surface area contributed by atoms with Crippen LogP contribution < -0.4 is 21.8 Å². The first-order valence-corrected chi connectivity index (χ1v) is 11.8. The summed E-state index contributed by atoms with van der Waals surface area (Å²) in [6.07, 6.45) is 5.31. The number of imidazole rings is 1. The molecule has 0 bridgehead atoms. The van der Waals surface area contributed by atoms with Crippen molar-refractivity contribution in [3.63, 3.8) is 0 Å². The summed E-state index contributed by atoms with van der Waals surface area (Å²) < 4.78 is 4.53. The lowest BCUT2D eigenvalue weighted by Gasteiger charge is -2.31. The van der Waals surface area contributed by atoms with Crippen LogP contribution in [0.1, 0.15) is 31.7 Å². The molecule has 0 radical (unpaired) electrons. The predicted octanol–water partition coefficient (Wildman–Crippen LogP) is 1.21. The van der Waals surface area contributed by atoms with Crippen molar-refractivity contribution in [1.29, 1.82) is 5.26 Å². The number of aromatic nitrogens is 6. The maximum atomic E-state index is 13.9. The van der Waals surface area contributed by atoms with Crippen molar-refractivity contribution >= 4 is 28.0 Å². The van der Waals surface area contributed by atoms with Gasteiger partial charge in [-0.2, -0.15) is 5.26 Å². The van der Waals surface area contributed by atoms with E-state index in [2.05, 4.69) is 25.9 Å². The zero-order valence-corrected chi connectivity index (χ0v) is 19.6. The van der Waals surface area contributed by atoms with E-state index in [4.69, 9.17) is 5.73 Å². The highest BCUT2D eigenvalue weighted by atomic mass is 16.2. The van der Waals surface area contributed by atoms with Gasteiger partial charge in [-0.3, -0.25) is 19.6 Å². The molecule has 1 atom stereocenters. The zero-order chi connectivity index (χ0) is 24.5. The number of aryl methyl sites for hydroxylation is 1. The van der Waals surface area contributed by atoms with Gasteiger partial charge in [0, 0.05) is 38.1 Å². The third kappa shape index (κ3) is 4.06. The van der Waals surface area contributed by atoms with E-state index in [1.165, 1.54) is 9.36 Å². The second kappa shape index (κ2) is 9.31. The lowest BCUT2D eigenvalue weighted by atomic mass is 10.1. The Labute approximate surface area is 201 Å². The van der Waals surface area contributed by atoms with Gasteiger partial charge in [-0.15, -0.1) is 0 Å². The highest BCUT2D eigenvalue weighted by Crippen LogP contribution is 2.22. The number of nitrogens with zero attached hydrogens (tertiary/aromatic N) is 8. The smallest absolute Gasteiger partial charge is 0.293 e. The molecule has 11 heteroatoms. The first kappa shape index (κ1) is 22.7. The molecular weight excluding hydrogens is 446 g/mol. The topological polar surface area (TPSA) is 141 Å².